The van der Waals surface area contributed by atoms with Gasteiger partial charge in [-0.05, 0) is 50.9 Å². The monoisotopic (exact) mass is 305 g/mol. The van der Waals surface area contributed by atoms with Crippen LogP contribution in [0.15, 0.2) is 18.3 Å². The first-order valence-electron chi connectivity index (χ1n) is 7.71. The second kappa shape index (κ2) is 7.35. The fraction of sp³-hybridized carbons (Fsp3) is 0.562. The standard InChI is InChI=1S/C16H23N3O3/c1-3-13(16(21)22)19-8-6-12(7-9-19)15(20)18-14-5-4-11(2)10-17-14/h4-5,10,12-13H,3,6-9H2,1-2H3,(H,21,22)(H,17,18,20)/t13-/m0/s1. The Bertz CT molecular complexity index is 522. The minimum Gasteiger partial charge on any atom is -0.480 e. The van der Waals surface area contributed by atoms with Gasteiger partial charge in [0.2, 0.25) is 5.91 Å². The fourth-order valence-corrected chi connectivity index (χ4v) is 2.83. The van der Waals surface area contributed by atoms with E-state index < -0.39 is 12.0 Å². The minimum atomic E-state index is -0.783. The fourth-order valence-electron chi connectivity index (χ4n) is 2.83. The van der Waals surface area contributed by atoms with E-state index in [-0.39, 0.29) is 11.8 Å². The zero-order valence-corrected chi connectivity index (χ0v) is 13.1. The van der Waals surface area contributed by atoms with Crippen LogP contribution in [0.3, 0.4) is 0 Å². The molecule has 0 spiro atoms. The van der Waals surface area contributed by atoms with Crippen molar-refractivity contribution in [3.63, 3.8) is 0 Å². The van der Waals surface area contributed by atoms with E-state index in [1.807, 2.05) is 24.8 Å². The van der Waals surface area contributed by atoms with Gasteiger partial charge in [0.15, 0.2) is 0 Å². The molecule has 2 rings (SSSR count). The van der Waals surface area contributed by atoms with Crippen molar-refractivity contribution in [2.24, 2.45) is 5.92 Å². The van der Waals surface area contributed by atoms with Gasteiger partial charge in [0.05, 0.1) is 0 Å². The van der Waals surface area contributed by atoms with E-state index in [0.29, 0.717) is 38.2 Å². The second-order valence-electron chi connectivity index (χ2n) is 5.78. The van der Waals surface area contributed by atoms with Gasteiger partial charge in [0, 0.05) is 12.1 Å². The minimum absolute atomic E-state index is 0.0284. The lowest BCUT2D eigenvalue weighted by molar-refractivity contribution is -0.144. The summed E-state index contributed by atoms with van der Waals surface area (Å²) in [5.41, 5.74) is 1.05. The molecule has 1 atom stereocenters. The number of nitrogens with zero attached hydrogens (tertiary/aromatic N) is 2. The molecule has 1 amide bonds. The van der Waals surface area contributed by atoms with Crippen LogP contribution < -0.4 is 5.32 Å². The smallest absolute Gasteiger partial charge is 0.320 e. The Hall–Kier alpha value is -1.95. The first kappa shape index (κ1) is 16.4. The number of rotatable bonds is 5. The van der Waals surface area contributed by atoms with Crippen LogP contribution in [-0.2, 0) is 9.59 Å². The summed E-state index contributed by atoms with van der Waals surface area (Å²) in [6, 6.07) is 3.26. The highest BCUT2D eigenvalue weighted by molar-refractivity contribution is 5.91. The number of hydrogen-bond acceptors (Lipinski definition) is 4. The van der Waals surface area contributed by atoms with Crippen molar-refractivity contribution in [1.82, 2.24) is 9.88 Å². The summed E-state index contributed by atoms with van der Waals surface area (Å²) in [4.78, 5) is 29.6. The average Bonchev–Trinajstić information content (AvgIpc) is 2.50. The van der Waals surface area contributed by atoms with Crippen LogP contribution in [0.2, 0.25) is 0 Å². The quantitative estimate of drug-likeness (QED) is 0.868. The Morgan fingerprint density at radius 2 is 2.09 bits per heavy atom. The maximum atomic E-state index is 12.2. The number of likely N-dealkylation sites (tertiary alicyclic amines) is 1. The van der Waals surface area contributed by atoms with Gasteiger partial charge in [0.25, 0.3) is 0 Å². The van der Waals surface area contributed by atoms with Gasteiger partial charge in [-0.3, -0.25) is 14.5 Å². The number of hydrogen-bond donors (Lipinski definition) is 2. The van der Waals surface area contributed by atoms with E-state index in [4.69, 9.17) is 0 Å². The second-order valence-corrected chi connectivity index (χ2v) is 5.78. The van der Waals surface area contributed by atoms with Crippen molar-refractivity contribution in [3.05, 3.63) is 23.9 Å². The molecule has 0 aliphatic carbocycles. The number of aryl methyl sites for hydroxylation is 1. The van der Waals surface area contributed by atoms with E-state index in [9.17, 15) is 14.7 Å². The van der Waals surface area contributed by atoms with Gasteiger partial charge in [-0.25, -0.2) is 4.98 Å². The number of pyridine rings is 1. The maximum Gasteiger partial charge on any atom is 0.320 e. The molecule has 1 saturated heterocycles. The summed E-state index contributed by atoms with van der Waals surface area (Å²) in [5, 5.41) is 12.0. The zero-order valence-electron chi connectivity index (χ0n) is 13.1. The van der Waals surface area contributed by atoms with Crippen molar-refractivity contribution >= 4 is 17.7 Å². The van der Waals surface area contributed by atoms with Gasteiger partial charge >= 0.3 is 5.97 Å². The van der Waals surface area contributed by atoms with Crippen LogP contribution in [0.25, 0.3) is 0 Å². The molecule has 1 aromatic rings. The molecule has 1 aliphatic rings. The third-order valence-corrected chi connectivity index (χ3v) is 4.18. The Kier molecular flexibility index (Phi) is 5.49. The van der Waals surface area contributed by atoms with Crippen molar-refractivity contribution in [2.45, 2.75) is 39.2 Å². The third-order valence-electron chi connectivity index (χ3n) is 4.18. The molecule has 1 aliphatic heterocycles. The molecular formula is C16H23N3O3. The summed E-state index contributed by atoms with van der Waals surface area (Å²) in [6.07, 6.45) is 3.67. The van der Waals surface area contributed by atoms with Crippen molar-refractivity contribution in [3.8, 4) is 0 Å². The lowest BCUT2D eigenvalue weighted by Gasteiger charge is -2.34. The molecular weight excluding hydrogens is 282 g/mol. The summed E-state index contributed by atoms with van der Waals surface area (Å²) in [5.74, 6) is -0.325. The Morgan fingerprint density at radius 3 is 2.59 bits per heavy atom. The van der Waals surface area contributed by atoms with Crippen LogP contribution in [-0.4, -0.2) is 46.0 Å². The van der Waals surface area contributed by atoms with Crippen LogP contribution in [0, 0.1) is 12.8 Å². The van der Waals surface area contributed by atoms with E-state index in [1.165, 1.54) is 0 Å². The molecule has 22 heavy (non-hydrogen) atoms. The van der Waals surface area contributed by atoms with Crippen molar-refractivity contribution in [2.75, 3.05) is 18.4 Å². The number of aliphatic carboxylic acids is 1. The zero-order chi connectivity index (χ0) is 16.1. The van der Waals surface area contributed by atoms with E-state index in [2.05, 4.69) is 10.3 Å². The summed E-state index contributed by atoms with van der Waals surface area (Å²) >= 11 is 0. The average molecular weight is 305 g/mol. The molecule has 0 aromatic carbocycles. The first-order chi connectivity index (χ1) is 10.5. The molecule has 0 bridgehead atoms. The third kappa shape index (κ3) is 4.04. The number of anilines is 1. The van der Waals surface area contributed by atoms with Crippen LogP contribution in [0.4, 0.5) is 5.82 Å². The van der Waals surface area contributed by atoms with Crippen LogP contribution in [0.5, 0.6) is 0 Å². The topological polar surface area (TPSA) is 82.5 Å². The normalized spacial score (nSPS) is 17.9. The SMILES string of the molecule is CC[C@@H](C(=O)O)N1CCC(C(=O)Nc2ccc(C)cn2)CC1. The molecule has 0 radical (unpaired) electrons. The van der Waals surface area contributed by atoms with E-state index in [1.54, 1.807) is 12.3 Å². The highest BCUT2D eigenvalue weighted by atomic mass is 16.4. The number of amides is 1. The molecule has 0 saturated carbocycles. The molecule has 0 unspecified atom stereocenters. The van der Waals surface area contributed by atoms with Crippen molar-refractivity contribution < 1.29 is 14.7 Å². The van der Waals surface area contributed by atoms with Gasteiger partial charge in [-0.15, -0.1) is 0 Å². The lowest BCUT2D eigenvalue weighted by Crippen LogP contribution is -2.46. The van der Waals surface area contributed by atoms with Gasteiger partial charge in [0.1, 0.15) is 11.9 Å². The number of aromatic nitrogens is 1. The number of carbonyl (C=O) groups excluding carboxylic acids is 1. The predicted molar refractivity (Wildman–Crippen MR) is 83.6 cm³/mol. The summed E-state index contributed by atoms with van der Waals surface area (Å²) in [7, 11) is 0. The molecule has 6 nitrogen and oxygen atoms in total. The summed E-state index contributed by atoms with van der Waals surface area (Å²) in [6.45, 7) is 5.11. The van der Waals surface area contributed by atoms with Crippen LogP contribution >= 0.6 is 0 Å². The van der Waals surface area contributed by atoms with Gasteiger partial charge < -0.3 is 10.4 Å². The molecule has 2 heterocycles. The highest BCUT2D eigenvalue weighted by Gasteiger charge is 2.31. The molecule has 2 N–H and O–H groups in total. The maximum absolute atomic E-state index is 12.2. The number of carboxylic acid groups (broad SMARTS) is 1. The highest BCUT2D eigenvalue weighted by Crippen LogP contribution is 2.21. The van der Waals surface area contributed by atoms with E-state index >= 15 is 0 Å². The number of carboxylic acids is 1. The molecule has 1 aromatic heterocycles. The Balaban J connectivity index is 1.87. The van der Waals surface area contributed by atoms with Gasteiger partial charge in [-0.1, -0.05) is 13.0 Å². The number of piperidine rings is 1. The van der Waals surface area contributed by atoms with E-state index in [0.717, 1.165) is 5.56 Å². The van der Waals surface area contributed by atoms with Crippen LogP contribution in [0.1, 0.15) is 31.7 Å². The predicted octanol–water partition coefficient (Wildman–Crippen LogP) is 1.90. The molecule has 1 fully saturated rings. The first-order valence-corrected chi connectivity index (χ1v) is 7.71. The number of carbonyl (C=O) groups is 2. The molecule has 6 heteroatoms. The number of nitrogens with one attached hydrogen (secondary N) is 1. The van der Waals surface area contributed by atoms with Crippen molar-refractivity contribution in [1.29, 1.82) is 0 Å². The summed E-state index contributed by atoms with van der Waals surface area (Å²) < 4.78 is 0. The largest absolute Gasteiger partial charge is 0.480 e. The lowest BCUT2D eigenvalue weighted by atomic mass is 9.94. The Morgan fingerprint density at radius 1 is 1.41 bits per heavy atom. The Labute approximate surface area is 130 Å². The van der Waals surface area contributed by atoms with Gasteiger partial charge in [-0.2, -0.15) is 0 Å². The molecule has 120 valence electrons.